The predicted molar refractivity (Wildman–Crippen MR) is 70.2 cm³/mol. The van der Waals surface area contributed by atoms with Crippen molar-refractivity contribution < 1.29 is 23.8 Å². The molecule has 0 atom stereocenters. The topological polar surface area (TPSA) is 63.6 Å². The molecule has 0 unspecified atom stereocenters. The number of hydrogen-bond acceptors (Lipinski definition) is 4. The number of carbonyl (C=O) groups is 2. The van der Waals surface area contributed by atoms with Crippen molar-refractivity contribution in [1.29, 1.82) is 0 Å². The van der Waals surface area contributed by atoms with Crippen molar-refractivity contribution >= 4 is 12.3 Å². The molecule has 0 radical (unpaired) electrons. The highest BCUT2D eigenvalue weighted by Gasteiger charge is 2.13. The number of carbonyl (C=O) groups excluding carboxylic acids is 2. The highest BCUT2D eigenvalue weighted by Crippen LogP contribution is 2.32. The third kappa shape index (κ3) is 2.51. The summed E-state index contributed by atoms with van der Waals surface area (Å²) in [5.74, 6) is -1.58. The molecule has 0 saturated heterocycles. The summed E-state index contributed by atoms with van der Waals surface area (Å²) in [6, 6.07) is 8.11. The van der Waals surface area contributed by atoms with E-state index in [2.05, 4.69) is 4.74 Å². The molecule has 0 aliphatic carbocycles. The number of ether oxygens (including phenoxy) is 1. The Kier molecular flexibility index (Phi) is 3.79. The first-order valence-electron chi connectivity index (χ1n) is 5.73. The van der Waals surface area contributed by atoms with Gasteiger partial charge in [0.1, 0.15) is 11.6 Å². The van der Waals surface area contributed by atoms with Crippen molar-refractivity contribution in [3.8, 4) is 16.9 Å². The summed E-state index contributed by atoms with van der Waals surface area (Å²) in [5, 5.41) is 9.95. The Labute approximate surface area is 114 Å². The molecule has 0 aromatic heterocycles. The predicted octanol–water partition coefficient (Wildman–Crippen LogP) is 2.80. The monoisotopic (exact) mass is 274 g/mol. The molecule has 0 spiro atoms. The largest absolute Gasteiger partial charge is 0.507 e. The maximum atomic E-state index is 13.6. The van der Waals surface area contributed by atoms with Crippen molar-refractivity contribution in [3.63, 3.8) is 0 Å². The molecule has 0 fully saturated rings. The van der Waals surface area contributed by atoms with Gasteiger partial charge in [-0.05, 0) is 29.8 Å². The van der Waals surface area contributed by atoms with Gasteiger partial charge in [0.15, 0.2) is 6.29 Å². The van der Waals surface area contributed by atoms with Crippen LogP contribution < -0.4 is 0 Å². The molecule has 0 aliphatic rings. The van der Waals surface area contributed by atoms with Crippen LogP contribution in [0.3, 0.4) is 0 Å². The number of para-hydroxylation sites is 1. The lowest BCUT2D eigenvalue weighted by atomic mass is 9.99. The van der Waals surface area contributed by atoms with Gasteiger partial charge in [-0.3, -0.25) is 4.79 Å². The number of hydrogen-bond donors (Lipinski definition) is 1. The van der Waals surface area contributed by atoms with Crippen molar-refractivity contribution in [2.45, 2.75) is 0 Å². The van der Waals surface area contributed by atoms with E-state index in [1.54, 1.807) is 6.07 Å². The number of aromatic hydroxyl groups is 1. The number of benzene rings is 2. The molecule has 102 valence electrons. The summed E-state index contributed by atoms with van der Waals surface area (Å²) < 4.78 is 18.1. The minimum Gasteiger partial charge on any atom is -0.507 e. The van der Waals surface area contributed by atoms with Crippen LogP contribution in [0.25, 0.3) is 11.1 Å². The number of esters is 1. The fraction of sp³-hybridized carbons (Fsp3) is 0.0667. The zero-order valence-corrected chi connectivity index (χ0v) is 10.6. The second-order valence-corrected chi connectivity index (χ2v) is 4.08. The fourth-order valence-electron chi connectivity index (χ4n) is 1.87. The van der Waals surface area contributed by atoms with Gasteiger partial charge in [-0.1, -0.05) is 12.1 Å². The van der Waals surface area contributed by atoms with Gasteiger partial charge >= 0.3 is 5.97 Å². The quantitative estimate of drug-likeness (QED) is 0.690. The molecule has 0 aliphatic heterocycles. The summed E-state index contributed by atoms with van der Waals surface area (Å²) in [7, 11) is 1.19. The first kappa shape index (κ1) is 13.7. The molecule has 4 nitrogen and oxygen atoms in total. The second kappa shape index (κ2) is 5.52. The molecular formula is C15H11FO4. The third-order valence-electron chi connectivity index (χ3n) is 2.82. The van der Waals surface area contributed by atoms with Crippen molar-refractivity contribution in [2.75, 3.05) is 7.11 Å². The summed E-state index contributed by atoms with van der Waals surface area (Å²) in [5.41, 5.74) is 0.663. The maximum absolute atomic E-state index is 13.6. The molecule has 1 N–H and O–H groups in total. The molecule has 2 aromatic carbocycles. The van der Waals surface area contributed by atoms with Gasteiger partial charge in [0.2, 0.25) is 0 Å². The number of rotatable bonds is 3. The molecule has 20 heavy (non-hydrogen) atoms. The Balaban J connectivity index is 2.61. The van der Waals surface area contributed by atoms with E-state index in [0.717, 1.165) is 12.1 Å². The molecule has 5 heteroatoms. The van der Waals surface area contributed by atoms with Gasteiger partial charge < -0.3 is 9.84 Å². The van der Waals surface area contributed by atoms with Crippen LogP contribution in [0.1, 0.15) is 20.7 Å². The minimum atomic E-state index is -0.684. The lowest BCUT2D eigenvalue weighted by molar-refractivity contribution is 0.0600. The van der Waals surface area contributed by atoms with Crippen LogP contribution in [0.15, 0.2) is 36.4 Å². The highest BCUT2D eigenvalue weighted by molar-refractivity contribution is 5.92. The van der Waals surface area contributed by atoms with Crippen molar-refractivity contribution in [3.05, 3.63) is 53.3 Å². The lowest BCUT2D eigenvalue weighted by Gasteiger charge is -2.08. The zero-order valence-electron chi connectivity index (χ0n) is 10.6. The Hall–Kier alpha value is -2.69. The second-order valence-electron chi connectivity index (χ2n) is 4.08. The first-order valence-corrected chi connectivity index (χ1v) is 5.73. The fourth-order valence-corrected chi connectivity index (χ4v) is 1.87. The number of methoxy groups -OCH3 is 1. The standard InChI is InChI=1S/C15H11FO4/c1-20-15(19)11-5-10(6-12(16)7-11)13-4-2-3-9(8-17)14(13)18/h2-8,18H,1H3. The first-order chi connectivity index (χ1) is 9.56. The molecular weight excluding hydrogens is 263 g/mol. The van der Waals surface area contributed by atoms with E-state index < -0.39 is 11.8 Å². The normalized spacial score (nSPS) is 10.1. The van der Waals surface area contributed by atoms with Gasteiger partial charge in [-0.25, -0.2) is 9.18 Å². The zero-order chi connectivity index (χ0) is 14.7. The van der Waals surface area contributed by atoms with Gasteiger partial charge in [0.25, 0.3) is 0 Å². The Morgan fingerprint density at radius 2 is 2.05 bits per heavy atom. The number of aldehydes is 1. The van der Waals surface area contributed by atoms with Crippen LogP contribution in [0, 0.1) is 5.82 Å². The van der Waals surface area contributed by atoms with Crippen LogP contribution in [-0.4, -0.2) is 24.5 Å². The van der Waals surface area contributed by atoms with E-state index in [-0.39, 0.29) is 28.0 Å². The smallest absolute Gasteiger partial charge is 0.337 e. The van der Waals surface area contributed by atoms with E-state index in [9.17, 15) is 19.1 Å². The lowest BCUT2D eigenvalue weighted by Crippen LogP contribution is -2.02. The van der Waals surface area contributed by atoms with E-state index >= 15 is 0 Å². The van der Waals surface area contributed by atoms with Gasteiger partial charge in [-0.15, -0.1) is 0 Å². The van der Waals surface area contributed by atoms with Crippen LogP contribution in [0.5, 0.6) is 5.75 Å². The van der Waals surface area contributed by atoms with Crippen LogP contribution in [0.2, 0.25) is 0 Å². The summed E-state index contributed by atoms with van der Waals surface area (Å²) in [4.78, 5) is 22.2. The summed E-state index contributed by atoms with van der Waals surface area (Å²) in [6.45, 7) is 0. The van der Waals surface area contributed by atoms with E-state index in [1.807, 2.05) is 0 Å². The van der Waals surface area contributed by atoms with Crippen molar-refractivity contribution in [2.24, 2.45) is 0 Å². The van der Waals surface area contributed by atoms with Gasteiger partial charge in [-0.2, -0.15) is 0 Å². The molecule has 2 aromatic rings. The SMILES string of the molecule is COC(=O)c1cc(F)cc(-c2cccc(C=O)c2O)c1. The Bertz CT molecular complexity index is 680. The summed E-state index contributed by atoms with van der Waals surface area (Å²) >= 11 is 0. The van der Waals surface area contributed by atoms with Crippen LogP contribution >= 0.6 is 0 Å². The Morgan fingerprint density at radius 3 is 2.70 bits per heavy atom. The van der Waals surface area contributed by atoms with Crippen LogP contribution in [0.4, 0.5) is 4.39 Å². The number of phenolic OH excluding ortho intramolecular Hbond substituents is 1. The third-order valence-corrected chi connectivity index (χ3v) is 2.82. The molecule has 2 rings (SSSR count). The Morgan fingerprint density at radius 1 is 1.30 bits per heavy atom. The molecule has 0 saturated carbocycles. The van der Waals surface area contributed by atoms with E-state index in [4.69, 9.17) is 0 Å². The van der Waals surface area contributed by atoms with E-state index in [0.29, 0.717) is 6.29 Å². The average molecular weight is 274 g/mol. The van der Waals surface area contributed by atoms with Gasteiger partial charge in [0, 0.05) is 5.56 Å². The van der Waals surface area contributed by atoms with E-state index in [1.165, 1.54) is 25.3 Å². The highest BCUT2D eigenvalue weighted by atomic mass is 19.1. The van der Waals surface area contributed by atoms with Crippen molar-refractivity contribution in [1.82, 2.24) is 0 Å². The average Bonchev–Trinajstić information content (AvgIpc) is 2.46. The number of phenols is 1. The molecule has 0 heterocycles. The van der Waals surface area contributed by atoms with Crippen LogP contribution in [-0.2, 0) is 4.74 Å². The summed E-state index contributed by atoms with van der Waals surface area (Å²) in [6.07, 6.45) is 0.499. The number of halogens is 1. The minimum absolute atomic E-state index is 0.0263. The maximum Gasteiger partial charge on any atom is 0.337 e. The van der Waals surface area contributed by atoms with Gasteiger partial charge in [0.05, 0.1) is 18.2 Å². The molecule has 0 bridgehead atoms. The molecule has 0 amide bonds.